The Morgan fingerprint density at radius 2 is 1.52 bits per heavy atom. The maximum atomic E-state index is 12.5. The van der Waals surface area contributed by atoms with Gasteiger partial charge < -0.3 is 4.90 Å². The third-order valence-corrected chi connectivity index (χ3v) is 5.23. The van der Waals surface area contributed by atoms with Gasteiger partial charge in [0.25, 0.3) is 10.0 Å². The molecule has 1 amide bonds. The largest absolute Gasteiger partial charge is 0.349 e. The lowest BCUT2D eigenvalue weighted by molar-refractivity contribution is -0.127. The number of nitrogens with one attached hydrogen (secondary N) is 1. The summed E-state index contributed by atoms with van der Waals surface area (Å²) in [4.78, 5) is 13.5. The molecule has 1 N–H and O–H groups in total. The van der Waals surface area contributed by atoms with Gasteiger partial charge in [-0.05, 0) is 41.8 Å². The number of carbonyl (C=O) groups is 1. The zero-order chi connectivity index (χ0) is 18.4. The molecule has 2 aromatic rings. The Labute approximate surface area is 149 Å². The minimum Gasteiger partial charge on any atom is -0.349 e. The van der Waals surface area contributed by atoms with Crippen molar-refractivity contribution in [2.24, 2.45) is 0 Å². The van der Waals surface area contributed by atoms with E-state index in [-0.39, 0.29) is 10.8 Å². The second-order valence-corrected chi connectivity index (χ2v) is 7.84. The second-order valence-electron chi connectivity index (χ2n) is 6.16. The van der Waals surface area contributed by atoms with Crippen LogP contribution >= 0.6 is 0 Å². The smallest absolute Gasteiger partial charge is 0.261 e. The summed E-state index contributed by atoms with van der Waals surface area (Å²) < 4.78 is 27.5. The van der Waals surface area contributed by atoms with Gasteiger partial charge in [-0.2, -0.15) is 0 Å². The number of rotatable bonds is 7. The minimum atomic E-state index is -3.62. The highest BCUT2D eigenvalue weighted by Gasteiger charge is 2.14. The van der Waals surface area contributed by atoms with Gasteiger partial charge in [0.2, 0.25) is 5.91 Å². The molecule has 0 aromatic heterocycles. The number of carbonyl (C=O) groups excluding carboxylic acids is 1. The van der Waals surface area contributed by atoms with Gasteiger partial charge in [0.1, 0.15) is 0 Å². The molecule has 0 aliphatic rings. The number of aryl methyl sites for hydroxylation is 1. The standard InChI is InChI=1S/C19H24N2O3S/c1-4-5-15-8-12-18(13-9-15)25(23,24)20-17-10-6-16(7-11-17)14-19(22)21(2)3/h6-13,20H,4-5,14H2,1-3H3. The molecule has 0 aliphatic carbocycles. The van der Waals surface area contributed by atoms with Gasteiger partial charge in [0, 0.05) is 19.8 Å². The maximum Gasteiger partial charge on any atom is 0.261 e. The van der Waals surface area contributed by atoms with Crippen LogP contribution in [0.25, 0.3) is 0 Å². The van der Waals surface area contributed by atoms with Gasteiger partial charge in [0.05, 0.1) is 11.3 Å². The van der Waals surface area contributed by atoms with Crippen molar-refractivity contribution < 1.29 is 13.2 Å². The van der Waals surface area contributed by atoms with E-state index < -0.39 is 10.0 Å². The molecule has 0 unspecified atom stereocenters. The van der Waals surface area contributed by atoms with Crippen molar-refractivity contribution in [1.82, 2.24) is 4.90 Å². The van der Waals surface area contributed by atoms with E-state index in [1.165, 1.54) is 4.90 Å². The molecule has 6 heteroatoms. The number of hydrogen-bond donors (Lipinski definition) is 1. The van der Waals surface area contributed by atoms with Crippen LogP contribution in [0.1, 0.15) is 24.5 Å². The molecule has 5 nitrogen and oxygen atoms in total. The molecule has 0 atom stereocenters. The summed E-state index contributed by atoms with van der Waals surface area (Å²) in [5.41, 5.74) is 2.43. The molecule has 0 radical (unpaired) electrons. The Morgan fingerprint density at radius 1 is 0.960 bits per heavy atom. The summed E-state index contributed by atoms with van der Waals surface area (Å²) in [6.45, 7) is 2.09. The maximum absolute atomic E-state index is 12.5. The van der Waals surface area contributed by atoms with E-state index in [1.54, 1.807) is 50.5 Å². The number of nitrogens with zero attached hydrogens (tertiary/aromatic N) is 1. The molecule has 0 fully saturated rings. The molecule has 2 rings (SSSR count). The minimum absolute atomic E-state index is 0.000463. The lowest BCUT2D eigenvalue weighted by atomic mass is 10.1. The highest BCUT2D eigenvalue weighted by atomic mass is 32.2. The summed E-state index contributed by atoms with van der Waals surface area (Å²) in [5, 5.41) is 0. The Morgan fingerprint density at radius 3 is 2.04 bits per heavy atom. The van der Waals surface area contributed by atoms with E-state index in [9.17, 15) is 13.2 Å². The topological polar surface area (TPSA) is 66.5 Å². The van der Waals surface area contributed by atoms with Crippen LogP contribution in [0.4, 0.5) is 5.69 Å². The zero-order valence-electron chi connectivity index (χ0n) is 14.8. The van der Waals surface area contributed by atoms with Crippen LogP contribution in [0.2, 0.25) is 0 Å². The van der Waals surface area contributed by atoms with E-state index >= 15 is 0 Å². The number of anilines is 1. The number of likely N-dealkylation sites (N-methyl/N-ethyl adjacent to an activating group) is 1. The fourth-order valence-corrected chi connectivity index (χ4v) is 3.42. The molecule has 0 bridgehead atoms. The van der Waals surface area contributed by atoms with Gasteiger partial charge >= 0.3 is 0 Å². The molecular formula is C19H24N2O3S. The van der Waals surface area contributed by atoms with E-state index in [0.717, 1.165) is 24.0 Å². The van der Waals surface area contributed by atoms with Crippen molar-refractivity contribution in [3.63, 3.8) is 0 Å². The number of hydrogen-bond acceptors (Lipinski definition) is 3. The van der Waals surface area contributed by atoms with Crippen LogP contribution in [0.15, 0.2) is 53.4 Å². The Balaban J connectivity index is 2.08. The van der Waals surface area contributed by atoms with Crippen molar-refractivity contribution >= 4 is 21.6 Å². The molecule has 0 spiro atoms. The van der Waals surface area contributed by atoms with Crippen LogP contribution in [0.3, 0.4) is 0 Å². The van der Waals surface area contributed by atoms with Crippen LogP contribution in [-0.4, -0.2) is 33.3 Å². The lowest BCUT2D eigenvalue weighted by Crippen LogP contribution is -2.23. The van der Waals surface area contributed by atoms with Gasteiger partial charge in [-0.15, -0.1) is 0 Å². The van der Waals surface area contributed by atoms with E-state index in [2.05, 4.69) is 11.6 Å². The Bertz CT molecular complexity index is 811. The van der Waals surface area contributed by atoms with Crippen molar-refractivity contribution in [2.45, 2.75) is 31.1 Å². The third kappa shape index (κ3) is 5.32. The summed E-state index contributed by atoms with van der Waals surface area (Å²) in [7, 11) is -0.210. The Hall–Kier alpha value is -2.34. The molecule has 25 heavy (non-hydrogen) atoms. The monoisotopic (exact) mass is 360 g/mol. The van der Waals surface area contributed by atoms with E-state index in [1.807, 2.05) is 12.1 Å². The molecule has 0 saturated carbocycles. The first-order valence-corrected chi connectivity index (χ1v) is 9.71. The number of amides is 1. The average molecular weight is 360 g/mol. The van der Waals surface area contributed by atoms with Crippen molar-refractivity contribution in [3.8, 4) is 0 Å². The molecule has 134 valence electrons. The van der Waals surface area contributed by atoms with E-state index in [0.29, 0.717) is 12.1 Å². The molecular weight excluding hydrogens is 336 g/mol. The SMILES string of the molecule is CCCc1ccc(S(=O)(=O)Nc2ccc(CC(=O)N(C)C)cc2)cc1. The van der Waals surface area contributed by atoms with Crippen molar-refractivity contribution in [3.05, 3.63) is 59.7 Å². The summed E-state index contributed by atoms with van der Waals surface area (Å²) in [6, 6.07) is 13.8. The fourth-order valence-electron chi connectivity index (χ4n) is 2.36. The van der Waals surface area contributed by atoms with Crippen LogP contribution in [-0.2, 0) is 27.7 Å². The second kappa shape index (κ2) is 8.16. The summed E-state index contributed by atoms with van der Waals surface area (Å²) >= 11 is 0. The van der Waals surface area contributed by atoms with Gasteiger partial charge in [-0.1, -0.05) is 37.6 Å². The first-order valence-electron chi connectivity index (χ1n) is 8.22. The summed E-state index contributed by atoms with van der Waals surface area (Å²) in [5.74, 6) is 0.000463. The first-order chi connectivity index (χ1) is 11.8. The van der Waals surface area contributed by atoms with Crippen LogP contribution < -0.4 is 4.72 Å². The summed E-state index contributed by atoms with van der Waals surface area (Å²) in [6.07, 6.45) is 2.24. The number of sulfonamides is 1. The van der Waals surface area contributed by atoms with Crippen LogP contribution in [0.5, 0.6) is 0 Å². The molecule has 0 heterocycles. The number of benzene rings is 2. The third-order valence-electron chi connectivity index (χ3n) is 3.83. The fraction of sp³-hybridized carbons (Fsp3) is 0.316. The molecule has 2 aromatic carbocycles. The quantitative estimate of drug-likeness (QED) is 0.825. The van der Waals surface area contributed by atoms with Crippen LogP contribution in [0, 0.1) is 0 Å². The highest BCUT2D eigenvalue weighted by molar-refractivity contribution is 7.92. The average Bonchev–Trinajstić information content (AvgIpc) is 2.57. The normalized spacial score (nSPS) is 11.2. The van der Waals surface area contributed by atoms with Gasteiger partial charge in [-0.25, -0.2) is 8.42 Å². The molecule has 0 saturated heterocycles. The van der Waals surface area contributed by atoms with E-state index in [4.69, 9.17) is 0 Å². The lowest BCUT2D eigenvalue weighted by Gasteiger charge is -2.11. The van der Waals surface area contributed by atoms with Gasteiger partial charge in [-0.3, -0.25) is 9.52 Å². The Kier molecular flexibility index (Phi) is 6.20. The van der Waals surface area contributed by atoms with Crippen molar-refractivity contribution in [2.75, 3.05) is 18.8 Å². The zero-order valence-corrected chi connectivity index (χ0v) is 15.6. The molecule has 0 aliphatic heterocycles. The van der Waals surface area contributed by atoms with Crippen molar-refractivity contribution in [1.29, 1.82) is 0 Å². The predicted octanol–water partition coefficient (Wildman–Crippen LogP) is 3.07. The first kappa shape index (κ1) is 19.0. The predicted molar refractivity (Wildman–Crippen MR) is 100 cm³/mol. The highest BCUT2D eigenvalue weighted by Crippen LogP contribution is 2.18. The van der Waals surface area contributed by atoms with Gasteiger partial charge in [0.15, 0.2) is 0 Å².